The van der Waals surface area contributed by atoms with Crippen molar-refractivity contribution in [3.05, 3.63) is 23.8 Å². The first-order valence-electron chi connectivity index (χ1n) is 15.3. The summed E-state index contributed by atoms with van der Waals surface area (Å²) in [6.07, 6.45) is 19.6. The lowest BCUT2D eigenvalue weighted by Gasteiger charge is -2.58. The van der Waals surface area contributed by atoms with E-state index in [1.165, 1.54) is 38.5 Å². The van der Waals surface area contributed by atoms with Gasteiger partial charge in [-0.3, -0.25) is 4.79 Å². The fourth-order valence-electron chi connectivity index (χ4n) is 9.38. The molecule has 3 unspecified atom stereocenters. The van der Waals surface area contributed by atoms with Crippen molar-refractivity contribution in [2.24, 2.45) is 52.3 Å². The molecule has 3 fully saturated rings. The highest BCUT2D eigenvalue weighted by atomic mass is 16.5. The number of allylic oxidation sites excluding steroid dienone is 3. The maximum atomic E-state index is 12.2. The highest BCUT2D eigenvalue weighted by Gasteiger charge is 2.59. The molecule has 4 rings (SSSR count). The predicted octanol–water partition coefficient (Wildman–Crippen LogP) is 8.12. The molecule has 3 saturated carbocycles. The van der Waals surface area contributed by atoms with Gasteiger partial charge in [0, 0.05) is 19.4 Å². The van der Waals surface area contributed by atoms with Crippen LogP contribution in [0, 0.1) is 52.3 Å². The van der Waals surface area contributed by atoms with Crippen LogP contribution in [0.1, 0.15) is 112 Å². The van der Waals surface area contributed by atoms with E-state index in [9.17, 15) is 4.79 Å². The molecule has 4 aliphatic carbocycles. The molecule has 3 nitrogen and oxygen atoms in total. The van der Waals surface area contributed by atoms with Crippen LogP contribution in [0.4, 0.5) is 0 Å². The van der Waals surface area contributed by atoms with Gasteiger partial charge in [0.25, 0.3) is 0 Å². The van der Waals surface area contributed by atoms with Gasteiger partial charge in [0.05, 0.1) is 0 Å². The average molecular weight is 499 g/mol. The van der Waals surface area contributed by atoms with Gasteiger partial charge in [0.1, 0.15) is 6.10 Å². The topological polar surface area (TPSA) is 46.5 Å². The molecular weight excluding hydrogens is 444 g/mol. The number of esters is 1. The second-order valence-corrected chi connectivity index (χ2v) is 13.7. The van der Waals surface area contributed by atoms with Crippen molar-refractivity contribution in [3.63, 3.8) is 0 Å². The quantitative estimate of drug-likeness (QED) is 0.258. The van der Waals surface area contributed by atoms with Crippen LogP contribution in [0.25, 0.3) is 0 Å². The number of aliphatic hydroxyl groups excluding tert-OH is 1. The molecule has 0 aromatic carbocycles. The summed E-state index contributed by atoms with van der Waals surface area (Å²) in [5, 5.41) is 9.01. The molecule has 1 N–H and O–H groups in total. The first-order chi connectivity index (χ1) is 17.1. The molecule has 0 spiro atoms. The minimum atomic E-state index is -0.140. The van der Waals surface area contributed by atoms with E-state index in [4.69, 9.17) is 9.84 Å². The van der Waals surface area contributed by atoms with Crippen LogP contribution in [0.2, 0.25) is 0 Å². The van der Waals surface area contributed by atoms with E-state index in [-0.39, 0.29) is 24.1 Å². The first-order valence-corrected chi connectivity index (χ1v) is 15.3. The first kappa shape index (κ1) is 27.9. The Morgan fingerprint density at radius 3 is 2.58 bits per heavy atom. The van der Waals surface area contributed by atoms with Crippen LogP contribution >= 0.6 is 0 Å². The van der Waals surface area contributed by atoms with Crippen molar-refractivity contribution in [1.82, 2.24) is 0 Å². The summed E-state index contributed by atoms with van der Waals surface area (Å²) in [7, 11) is 0. The van der Waals surface area contributed by atoms with Crippen molar-refractivity contribution < 1.29 is 14.6 Å². The molecule has 0 saturated heterocycles. The van der Waals surface area contributed by atoms with E-state index >= 15 is 0 Å². The predicted molar refractivity (Wildman–Crippen MR) is 148 cm³/mol. The second-order valence-electron chi connectivity index (χ2n) is 13.7. The Bertz CT molecular complexity index is 827. The monoisotopic (exact) mass is 498 g/mol. The van der Waals surface area contributed by atoms with E-state index in [0.717, 1.165) is 48.9 Å². The van der Waals surface area contributed by atoms with Crippen molar-refractivity contribution in [3.8, 4) is 0 Å². The molecule has 0 heterocycles. The van der Waals surface area contributed by atoms with E-state index in [2.05, 4.69) is 59.8 Å². The molecule has 9 atom stereocenters. The zero-order valence-corrected chi connectivity index (χ0v) is 24.1. The summed E-state index contributed by atoms with van der Waals surface area (Å²) in [6, 6.07) is 0. The maximum absolute atomic E-state index is 12.2. The minimum absolute atomic E-state index is 0.0298. The molecule has 36 heavy (non-hydrogen) atoms. The smallest absolute Gasteiger partial charge is 0.306 e. The zero-order chi connectivity index (χ0) is 26.1. The Labute approximate surface area is 221 Å². The average Bonchev–Trinajstić information content (AvgIpc) is 3.20. The Kier molecular flexibility index (Phi) is 8.80. The SMILES string of the molecule is CC[C@H](/C=C/[C@@H](C)[C@H]1CCC2C3CC=C4C[C@@H](OC(=O)CCCO)CC[C@]4(C)C3CC[C@@]21C)C(C)C. The number of hydrogen-bond donors (Lipinski definition) is 1. The molecule has 3 heteroatoms. The third-order valence-corrected chi connectivity index (χ3v) is 11.6. The van der Waals surface area contributed by atoms with Crippen LogP contribution in [-0.4, -0.2) is 23.8 Å². The van der Waals surface area contributed by atoms with Gasteiger partial charge in [-0.15, -0.1) is 0 Å². The number of carbonyl (C=O) groups is 1. The van der Waals surface area contributed by atoms with Crippen LogP contribution in [0.3, 0.4) is 0 Å². The van der Waals surface area contributed by atoms with Gasteiger partial charge >= 0.3 is 5.97 Å². The molecular formula is C33H54O3. The third-order valence-electron chi connectivity index (χ3n) is 11.6. The summed E-state index contributed by atoms with van der Waals surface area (Å²) in [5.74, 6) is 5.25. The van der Waals surface area contributed by atoms with Gasteiger partial charge in [-0.25, -0.2) is 0 Å². The van der Waals surface area contributed by atoms with Crippen LogP contribution < -0.4 is 0 Å². The Morgan fingerprint density at radius 1 is 1.11 bits per heavy atom. The largest absolute Gasteiger partial charge is 0.462 e. The molecule has 0 amide bonds. The molecule has 0 radical (unpaired) electrons. The Morgan fingerprint density at radius 2 is 1.89 bits per heavy atom. The van der Waals surface area contributed by atoms with E-state index < -0.39 is 0 Å². The number of rotatable bonds is 9. The van der Waals surface area contributed by atoms with Gasteiger partial charge in [-0.1, -0.05) is 65.3 Å². The van der Waals surface area contributed by atoms with E-state index in [1.807, 2.05) is 0 Å². The maximum Gasteiger partial charge on any atom is 0.306 e. The number of carbonyl (C=O) groups excluding carboxylic acids is 1. The van der Waals surface area contributed by atoms with Crippen molar-refractivity contribution >= 4 is 5.97 Å². The Balaban J connectivity index is 1.44. The van der Waals surface area contributed by atoms with Crippen LogP contribution in [0.5, 0.6) is 0 Å². The van der Waals surface area contributed by atoms with Crippen molar-refractivity contribution in [2.45, 2.75) is 118 Å². The zero-order valence-electron chi connectivity index (χ0n) is 24.1. The van der Waals surface area contributed by atoms with Gasteiger partial charge in [0.15, 0.2) is 0 Å². The standard InChI is InChI=1S/C33H54O3/c1-7-24(22(2)3)11-10-23(4)28-14-15-29-27-13-12-25-21-26(36-31(35)9-8-20-34)16-18-32(25,5)30(27)17-19-33(28,29)6/h10-12,22-24,26-30,34H,7-9,13-21H2,1-6H3/b11-10+/t23-,24-,26+,27?,28-,29?,30?,32+,33-/m1/s1. The summed E-state index contributed by atoms with van der Waals surface area (Å²) in [6.45, 7) is 14.8. The Hall–Kier alpha value is -1.09. The fraction of sp³-hybridized carbons (Fsp3) is 0.848. The molecule has 0 bridgehead atoms. The number of aliphatic hydroxyl groups is 1. The molecule has 204 valence electrons. The number of fused-ring (bicyclic) bond motifs is 5. The number of ether oxygens (including phenoxy) is 1. The molecule has 0 aromatic heterocycles. The van der Waals surface area contributed by atoms with Gasteiger partial charge in [-0.2, -0.15) is 0 Å². The van der Waals surface area contributed by atoms with Crippen molar-refractivity contribution in [2.75, 3.05) is 6.61 Å². The van der Waals surface area contributed by atoms with Gasteiger partial charge in [0.2, 0.25) is 0 Å². The summed E-state index contributed by atoms with van der Waals surface area (Å²) < 4.78 is 5.81. The third kappa shape index (κ3) is 5.25. The fourth-order valence-corrected chi connectivity index (χ4v) is 9.38. The van der Waals surface area contributed by atoms with E-state index in [0.29, 0.717) is 30.1 Å². The van der Waals surface area contributed by atoms with Gasteiger partial charge in [-0.05, 0) is 110 Å². The summed E-state index contributed by atoms with van der Waals surface area (Å²) in [4.78, 5) is 12.2. The normalized spacial score (nSPS) is 39.8. The second kappa shape index (κ2) is 11.3. The lowest BCUT2D eigenvalue weighted by molar-refractivity contribution is -0.151. The van der Waals surface area contributed by atoms with E-state index in [1.54, 1.807) is 5.57 Å². The minimum Gasteiger partial charge on any atom is -0.462 e. The molecule has 4 aliphatic rings. The van der Waals surface area contributed by atoms with Gasteiger partial charge < -0.3 is 9.84 Å². The molecule has 0 aromatic rings. The summed E-state index contributed by atoms with van der Waals surface area (Å²) >= 11 is 0. The summed E-state index contributed by atoms with van der Waals surface area (Å²) in [5.41, 5.74) is 2.34. The van der Waals surface area contributed by atoms with Crippen LogP contribution in [0.15, 0.2) is 23.8 Å². The highest BCUT2D eigenvalue weighted by molar-refractivity contribution is 5.69. The van der Waals surface area contributed by atoms with Crippen LogP contribution in [-0.2, 0) is 9.53 Å². The lowest BCUT2D eigenvalue weighted by Crippen LogP contribution is -2.51. The molecule has 0 aliphatic heterocycles. The number of hydrogen-bond acceptors (Lipinski definition) is 3. The lowest BCUT2D eigenvalue weighted by atomic mass is 9.47. The highest BCUT2D eigenvalue weighted by Crippen LogP contribution is 2.67. The van der Waals surface area contributed by atoms with Crippen molar-refractivity contribution in [1.29, 1.82) is 0 Å².